The van der Waals surface area contributed by atoms with E-state index >= 15 is 0 Å². The Kier molecular flexibility index (Phi) is 3.45. The highest BCUT2D eigenvalue weighted by Gasteiger charge is 2.24. The molecule has 2 rings (SSSR count). The summed E-state index contributed by atoms with van der Waals surface area (Å²) < 4.78 is 5.28. The van der Waals surface area contributed by atoms with E-state index in [0.29, 0.717) is 11.7 Å². The van der Waals surface area contributed by atoms with Crippen molar-refractivity contribution in [1.82, 2.24) is 10.1 Å². The van der Waals surface area contributed by atoms with Gasteiger partial charge in [0.2, 0.25) is 5.89 Å². The maximum Gasteiger partial charge on any atom is 0.232 e. The molecule has 0 spiro atoms. The van der Waals surface area contributed by atoms with Crippen molar-refractivity contribution in [3.05, 3.63) is 46.6 Å². The normalized spacial score (nSPS) is 13.6. The van der Waals surface area contributed by atoms with Crippen LogP contribution in [0.25, 0.3) is 0 Å². The Morgan fingerprint density at radius 2 is 1.84 bits per heavy atom. The molecule has 1 aromatic heterocycles. The summed E-state index contributed by atoms with van der Waals surface area (Å²) in [6.45, 7) is 10.3. The van der Waals surface area contributed by atoms with Gasteiger partial charge in [-0.15, -0.1) is 0 Å². The van der Waals surface area contributed by atoms with E-state index in [2.05, 4.69) is 36.1 Å². The highest BCUT2D eigenvalue weighted by molar-refractivity contribution is 5.33. The average molecular weight is 259 g/mol. The van der Waals surface area contributed by atoms with Crippen molar-refractivity contribution in [3.63, 3.8) is 0 Å². The molecule has 0 aliphatic heterocycles. The maximum absolute atomic E-state index is 6.21. The molecule has 19 heavy (non-hydrogen) atoms. The van der Waals surface area contributed by atoms with Crippen LogP contribution in [-0.2, 0) is 5.41 Å². The third-order valence-corrected chi connectivity index (χ3v) is 3.25. The van der Waals surface area contributed by atoms with Gasteiger partial charge in [0.1, 0.15) is 0 Å². The quantitative estimate of drug-likeness (QED) is 0.900. The molecule has 4 heteroatoms. The minimum Gasteiger partial charge on any atom is -0.339 e. The summed E-state index contributed by atoms with van der Waals surface area (Å²) >= 11 is 0. The van der Waals surface area contributed by atoms with E-state index in [4.69, 9.17) is 10.3 Å². The summed E-state index contributed by atoms with van der Waals surface area (Å²) in [7, 11) is 0. The molecule has 0 fully saturated rings. The summed E-state index contributed by atoms with van der Waals surface area (Å²) in [6.07, 6.45) is 0. The van der Waals surface area contributed by atoms with Gasteiger partial charge in [-0.2, -0.15) is 4.98 Å². The molecule has 0 aliphatic rings. The summed E-state index contributed by atoms with van der Waals surface area (Å²) in [5, 5.41) is 4.00. The molecule has 102 valence electrons. The first-order valence-electron chi connectivity index (χ1n) is 6.46. The van der Waals surface area contributed by atoms with Gasteiger partial charge >= 0.3 is 0 Å². The molecule has 1 aromatic carbocycles. The highest BCUT2D eigenvalue weighted by Crippen LogP contribution is 2.24. The van der Waals surface area contributed by atoms with E-state index < -0.39 is 0 Å². The first-order valence-corrected chi connectivity index (χ1v) is 6.46. The molecule has 1 heterocycles. The molecule has 4 nitrogen and oxygen atoms in total. The fourth-order valence-corrected chi connectivity index (χ4v) is 1.77. The summed E-state index contributed by atoms with van der Waals surface area (Å²) in [6, 6.07) is 5.81. The monoisotopic (exact) mass is 259 g/mol. The van der Waals surface area contributed by atoms with Crippen LogP contribution in [-0.4, -0.2) is 10.1 Å². The number of aromatic nitrogens is 2. The number of rotatable bonds is 2. The van der Waals surface area contributed by atoms with Crippen LogP contribution in [0.5, 0.6) is 0 Å². The SMILES string of the molecule is Cc1ccc(C(N)c2noc(C(C)(C)C)n2)cc1C. The van der Waals surface area contributed by atoms with Gasteiger partial charge in [-0.05, 0) is 30.5 Å². The van der Waals surface area contributed by atoms with Crippen LogP contribution in [0.15, 0.2) is 22.7 Å². The molecule has 0 saturated carbocycles. The first kappa shape index (κ1) is 13.7. The average Bonchev–Trinajstić information content (AvgIpc) is 2.81. The van der Waals surface area contributed by atoms with Crippen molar-refractivity contribution >= 4 is 0 Å². The second-order valence-corrected chi connectivity index (χ2v) is 6.03. The lowest BCUT2D eigenvalue weighted by Crippen LogP contribution is -2.16. The number of hydrogen-bond acceptors (Lipinski definition) is 4. The van der Waals surface area contributed by atoms with E-state index in [-0.39, 0.29) is 11.5 Å². The zero-order valence-corrected chi connectivity index (χ0v) is 12.2. The number of nitrogens with zero attached hydrogens (tertiary/aromatic N) is 2. The van der Waals surface area contributed by atoms with Crippen LogP contribution < -0.4 is 5.73 Å². The Morgan fingerprint density at radius 1 is 1.16 bits per heavy atom. The van der Waals surface area contributed by atoms with E-state index in [1.807, 2.05) is 26.8 Å². The first-order chi connectivity index (χ1) is 8.79. The lowest BCUT2D eigenvalue weighted by molar-refractivity contribution is 0.317. The van der Waals surface area contributed by atoms with Gasteiger partial charge in [0.05, 0.1) is 6.04 Å². The molecular weight excluding hydrogens is 238 g/mol. The summed E-state index contributed by atoms with van der Waals surface area (Å²) in [4.78, 5) is 4.41. The van der Waals surface area contributed by atoms with Crippen LogP contribution in [0.1, 0.15) is 55.2 Å². The zero-order valence-electron chi connectivity index (χ0n) is 12.2. The fraction of sp³-hybridized carbons (Fsp3) is 0.467. The third kappa shape index (κ3) is 2.84. The molecule has 0 amide bonds. The van der Waals surface area contributed by atoms with Crippen molar-refractivity contribution in [1.29, 1.82) is 0 Å². The lowest BCUT2D eigenvalue weighted by Gasteiger charge is -2.11. The Balaban J connectivity index is 2.31. The Morgan fingerprint density at radius 3 is 2.37 bits per heavy atom. The second-order valence-electron chi connectivity index (χ2n) is 6.03. The molecule has 2 N–H and O–H groups in total. The van der Waals surface area contributed by atoms with Crippen LogP contribution in [0.4, 0.5) is 0 Å². The molecule has 2 aromatic rings. The van der Waals surface area contributed by atoms with Crippen molar-refractivity contribution in [2.24, 2.45) is 5.73 Å². The largest absolute Gasteiger partial charge is 0.339 e. The number of hydrogen-bond donors (Lipinski definition) is 1. The minimum absolute atomic E-state index is 0.159. The summed E-state index contributed by atoms with van der Waals surface area (Å²) in [5.41, 5.74) is 9.52. The fourth-order valence-electron chi connectivity index (χ4n) is 1.77. The molecule has 1 atom stereocenters. The van der Waals surface area contributed by atoms with Gasteiger partial charge in [-0.1, -0.05) is 44.1 Å². The van der Waals surface area contributed by atoms with E-state index in [0.717, 1.165) is 5.56 Å². The standard InChI is InChI=1S/C15H21N3O/c1-9-6-7-11(8-10(9)2)12(16)13-17-14(19-18-13)15(3,4)5/h6-8,12H,16H2,1-5H3. The zero-order chi connectivity index (χ0) is 14.2. The van der Waals surface area contributed by atoms with Crippen molar-refractivity contribution < 1.29 is 4.52 Å². The van der Waals surface area contributed by atoms with E-state index in [9.17, 15) is 0 Å². The molecule has 0 aliphatic carbocycles. The molecule has 0 bridgehead atoms. The number of nitrogens with two attached hydrogens (primary N) is 1. The van der Waals surface area contributed by atoms with Crippen LogP contribution >= 0.6 is 0 Å². The van der Waals surface area contributed by atoms with Gasteiger partial charge < -0.3 is 10.3 Å². The maximum atomic E-state index is 6.21. The van der Waals surface area contributed by atoms with E-state index in [1.165, 1.54) is 11.1 Å². The molecule has 0 saturated heterocycles. The Labute approximate surface area is 114 Å². The predicted octanol–water partition coefficient (Wildman–Crippen LogP) is 3.03. The number of aryl methyl sites for hydroxylation is 2. The van der Waals surface area contributed by atoms with Crippen molar-refractivity contribution in [3.8, 4) is 0 Å². The van der Waals surface area contributed by atoms with Crippen LogP contribution in [0.3, 0.4) is 0 Å². The van der Waals surface area contributed by atoms with Gasteiger partial charge in [-0.3, -0.25) is 0 Å². The smallest absolute Gasteiger partial charge is 0.232 e. The molecule has 0 radical (unpaired) electrons. The molecular formula is C15H21N3O. The van der Waals surface area contributed by atoms with Gasteiger partial charge in [0, 0.05) is 5.41 Å². The topological polar surface area (TPSA) is 64.9 Å². The lowest BCUT2D eigenvalue weighted by atomic mass is 9.97. The van der Waals surface area contributed by atoms with Crippen LogP contribution in [0.2, 0.25) is 0 Å². The van der Waals surface area contributed by atoms with Crippen molar-refractivity contribution in [2.45, 2.75) is 46.1 Å². The summed E-state index contributed by atoms with van der Waals surface area (Å²) in [5.74, 6) is 1.15. The van der Waals surface area contributed by atoms with Gasteiger partial charge in [0.25, 0.3) is 0 Å². The van der Waals surface area contributed by atoms with Gasteiger partial charge in [-0.25, -0.2) is 0 Å². The predicted molar refractivity (Wildman–Crippen MR) is 74.9 cm³/mol. The highest BCUT2D eigenvalue weighted by atomic mass is 16.5. The van der Waals surface area contributed by atoms with E-state index in [1.54, 1.807) is 0 Å². The number of benzene rings is 1. The van der Waals surface area contributed by atoms with Crippen molar-refractivity contribution in [2.75, 3.05) is 0 Å². The molecule has 1 unspecified atom stereocenters. The van der Waals surface area contributed by atoms with Gasteiger partial charge in [0.15, 0.2) is 5.82 Å². The second kappa shape index (κ2) is 4.78. The van der Waals surface area contributed by atoms with Crippen LogP contribution in [0, 0.1) is 13.8 Å². The Hall–Kier alpha value is -1.68. The third-order valence-electron chi connectivity index (χ3n) is 3.25. The minimum atomic E-state index is -0.348. The Bertz CT molecular complexity index is 581.